The van der Waals surface area contributed by atoms with Crippen molar-refractivity contribution in [3.05, 3.63) is 35.2 Å². The minimum Gasteiger partial charge on any atom is -0.383 e. The summed E-state index contributed by atoms with van der Waals surface area (Å²) in [5.41, 5.74) is 9.08. The number of pyridine rings is 1. The third-order valence-corrected chi connectivity index (χ3v) is 3.66. The molecular formula is C12H16N4S. The normalized spacial score (nSPS) is 10.5. The van der Waals surface area contributed by atoms with E-state index in [1.807, 2.05) is 19.2 Å². The maximum absolute atomic E-state index is 5.71. The molecule has 0 amide bonds. The summed E-state index contributed by atoms with van der Waals surface area (Å²) in [6, 6.07) is 4.08. The summed E-state index contributed by atoms with van der Waals surface area (Å²) < 4.78 is 4.11. The van der Waals surface area contributed by atoms with Crippen molar-refractivity contribution in [2.24, 2.45) is 0 Å². The highest BCUT2D eigenvalue weighted by Gasteiger charge is 2.07. The van der Waals surface area contributed by atoms with Crippen LogP contribution in [0.2, 0.25) is 0 Å². The van der Waals surface area contributed by atoms with Gasteiger partial charge in [-0.1, -0.05) is 13.0 Å². The fourth-order valence-corrected chi connectivity index (χ4v) is 2.33. The van der Waals surface area contributed by atoms with E-state index < -0.39 is 0 Å². The fraction of sp³-hybridized carbons (Fsp3) is 0.333. The second kappa shape index (κ2) is 5.14. The average molecular weight is 248 g/mol. The third-order valence-electron chi connectivity index (χ3n) is 2.74. The first-order valence-electron chi connectivity index (χ1n) is 5.60. The molecular weight excluding hydrogens is 232 g/mol. The lowest BCUT2D eigenvalue weighted by atomic mass is 10.1. The molecule has 2 aromatic heterocycles. The number of nitrogens with two attached hydrogens (primary N) is 1. The molecule has 2 heterocycles. The van der Waals surface area contributed by atoms with Gasteiger partial charge in [0.15, 0.2) is 0 Å². The summed E-state index contributed by atoms with van der Waals surface area (Å²) in [5.74, 6) is 0.606. The summed E-state index contributed by atoms with van der Waals surface area (Å²) >= 11 is 1.39. The van der Waals surface area contributed by atoms with E-state index in [0.29, 0.717) is 12.4 Å². The molecule has 5 heteroatoms. The number of hydrogen-bond acceptors (Lipinski definition) is 5. The van der Waals surface area contributed by atoms with Crippen LogP contribution in [0.1, 0.15) is 23.7 Å². The van der Waals surface area contributed by atoms with E-state index in [0.717, 1.165) is 22.7 Å². The van der Waals surface area contributed by atoms with E-state index in [1.165, 1.54) is 17.1 Å². The predicted molar refractivity (Wildman–Crippen MR) is 72.2 cm³/mol. The van der Waals surface area contributed by atoms with Gasteiger partial charge in [-0.2, -0.15) is 4.37 Å². The zero-order valence-corrected chi connectivity index (χ0v) is 10.8. The Bertz CT molecular complexity index is 507. The molecule has 0 aliphatic rings. The van der Waals surface area contributed by atoms with Gasteiger partial charge in [0.2, 0.25) is 0 Å². The largest absolute Gasteiger partial charge is 0.383 e. The molecule has 0 spiro atoms. The molecule has 17 heavy (non-hydrogen) atoms. The van der Waals surface area contributed by atoms with Gasteiger partial charge in [0.25, 0.3) is 0 Å². The van der Waals surface area contributed by atoms with Crippen LogP contribution in [0.25, 0.3) is 0 Å². The molecule has 0 saturated heterocycles. The first-order valence-corrected chi connectivity index (χ1v) is 6.38. The molecule has 3 N–H and O–H groups in total. The summed E-state index contributed by atoms with van der Waals surface area (Å²) in [6.07, 6.45) is 2.82. The van der Waals surface area contributed by atoms with E-state index in [-0.39, 0.29) is 0 Å². The number of nitrogens with zero attached hydrogens (tertiary/aromatic N) is 2. The van der Waals surface area contributed by atoms with Crippen LogP contribution in [0.3, 0.4) is 0 Å². The number of anilines is 2. The Balaban J connectivity index is 2.10. The Kier molecular flexibility index (Phi) is 3.58. The SMILES string of the molecule is CCc1cccnc1CNc1snc(N)c1C. The Morgan fingerprint density at radius 3 is 2.94 bits per heavy atom. The second-order valence-corrected chi connectivity index (χ2v) is 4.61. The van der Waals surface area contributed by atoms with Gasteiger partial charge in [0.1, 0.15) is 10.8 Å². The van der Waals surface area contributed by atoms with Crippen molar-refractivity contribution in [3.8, 4) is 0 Å². The van der Waals surface area contributed by atoms with Crippen LogP contribution in [0, 0.1) is 6.92 Å². The molecule has 0 radical (unpaired) electrons. The van der Waals surface area contributed by atoms with Crippen LogP contribution in [-0.4, -0.2) is 9.36 Å². The predicted octanol–water partition coefficient (Wildman–Crippen LogP) is 2.60. The standard InChI is InChI=1S/C12H16N4S/c1-3-9-5-4-6-14-10(9)7-15-12-8(2)11(13)16-17-12/h4-6,15H,3,7H2,1-2H3,(H2,13,16). The summed E-state index contributed by atoms with van der Waals surface area (Å²) in [6.45, 7) is 4.82. The minimum atomic E-state index is 0.606. The summed E-state index contributed by atoms with van der Waals surface area (Å²) in [5, 5.41) is 4.36. The number of aryl methyl sites for hydroxylation is 1. The Hall–Kier alpha value is -1.62. The van der Waals surface area contributed by atoms with Gasteiger partial charge < -0.3 is 11.1 Å². The van der Waals surface area contributed by atoms with Crippen molar-refractivity contribution in [3.63, 3.8) is 0 Å². The smallest absolute Gasteiger partial charge is 0.142 e. The number of aromatic nitrogens is 2. The van der Waals surface area contributed by atoms with E-state index in [4.69, 9.17) is 5.73 Å². The van der Waals surface area contributed by atoms with Gasteiger partial charge in [0, 0.05) is 11.8 Å². The zero-order valence-electron chi connectivity index (χ0n) is 10.0. The molecule has 2 aromatic rings. The maximum Gasteiger partial charge on any atom is 0.142 e. The fourth-order valence-electron chi connectivity index (χ4n) is 1.63. The lowest BCUT2D eigenvalue weighted by Gasteiger charge is -2.08. The number of nitrogens with one attached hydrogen (secondary N) is 1. The summed E-state index contributed by atoms with van der Waals surface area (Å²) in [4.78, 5) is 4.39. The molecule has 4 nitrogen and oxygen atoms in total. The molecule has 0 atom stereocenters. The first kappa shape index (κ1) is 11.9. The van der Waals surface area contributed by atoms with Crippen molar-refractivity contribution in [2.45, 2.75) is 26.8 Å². The molecule has 90 valence electrons. The van der Waals surface area contributed by atoms with Gasteiger partial charge in [0.05, 0.1) is 12.2 Å². The van der Waals surface area contributed by atoms with Gasteiger partial charge in [-0.3, -0.25) is 4.98 Å². The number of hydrogen-bond donors (Lipinski definition) is 2. The van der Waals surface area contributed by atoms with E-state index in [2.05, 4.69) is 27.7 Å². The molecule has 0 bridgehead atoms. The first-order chi connectivity index (χ1) is 8.22. The molecule has 0 aliphatic carbocycles. The molecule has 0 fully saturated rings. The van der Waals surface area contributed by atoms with Gasteiger partial charge in [-0.25, -0.2) is 0 Å². The van der Waals surface area contributed by atoms with Crippen LogP contribution in [0.15, 0.2) is 18.3 Å². The van der Waals surface area contributed by atoms with Crippen LogP contribution in [-0.2, 0) is 13.0 Å². The lowest BCUT2D eigenvalue weighted by Crippen LogP contribution is -2.04. The highest BCUT2D eigenvalue weighted by atomic mass is 32.1. The van der Waals surface area contributed by atoms with Crippen LogP contribution in [0.5, 0.6) is 0 Å². The lowest BCUT2D eigenvalue weighted by molar-refractivity contribution is 0.973. The van der Waals surface area contributed by atoms with Crippen molar-refractivity contribution in [1.29, 1.82) is 0 Å². The van der Waals surface area contributed by atoms with Crippen molar-refractivity contribution in [1.82, 2.24) is 9.36 Å². The highest BCUT2D eigenvalue weighted by Crippen LogP contribution is 2.25. The van der Waals surface area contributed by atoms with E-state index in [9.17, 15) is 0 Å². The second-order valence-electron chi connectivity index (χ2n) is 3.84. The van der Waals surface area contributed by atoms with Gasteiger partial charge in [-0.05, 0) is 36.5 Å². The maximum atomic E-state index is 5.71. The Morgan fingerprint density at radius 1 is 1.47 bits per heavy atom. The van der Waals surface area contributed by atoms with Crippen LogP contribution >= 0.6 is 11.5 Å². The zero-order chi connectivity index (χ0) is 12.3. The molecule has 0 aromatic carbocycles. The van der Waals surface area contributed by atoms with Crippen LogP contribution in [0.4, 0.5) is 10.8 Å². The molecule has 0 unspecified atom stereocenters. The minimum absolute atomic E-state index is 0.606. The third kappa shape index (κ3) is 2.55. The van der Waals surface area contributed by atoms with Crippen LogP contribution < -0.4 is 11.1 Å². The highest BCUT2D eigenvalue weighted by molar-refractivity contribution is 7.10. The quantitative estimate of drug-likeness (QED) is 0.873. The number of rotatable bonds is 4. The van der Waals surface area contributed by atoms with Crippen molar-refractivity contribution in [2.75, 3.05) is 11.1 Å². The van der Waals surface area contributed by atoms with E-state index >= 15 is 0 Å². The van der Waals surface area contributed by atoms with E-state index in [1.54, 1.807) is 0 Å². The molecule has 2 rings (SSSR count). The summed E-state index contributed by atoms with van der Waals surface area (Å²) in [7, 11) is 0. The topological polar surface area (TPSA) is 63.8 Å². The van der Waals surface area contributed by atoms with Gasteiger partial charge in [-0.15, -0.1) is 0 Å². The molecule has 0 aliphatic heterocycles. The monoisotopic (exact) mass is 248 g/mol. The van der Waals surface area contributed by atoms with Gasteiger partial charge >= 0.3 is 0 Å². The Morgan fingerprint density at radius 2 is 2.29 bits per heavy atom. The average Bonchev–Trinajstić information content (AvgIpc) is 2.68. The van der Waals surface area contributed by atoms with Crippen molar-refractivity contribution >= 4 is 22.4 Å². The molecule has 0 saturated carbocycles. The number of nitrogen functional groups attached to an aromatic ring is 1. The Labute approximate surface area is 105 Å². The van der Waals surface area contributed by atoms with Crippen molar-refractivity contribution < 1.29 is 0 Å².